The number of nitrogens with zero attached hydrogens (tertiary/aromatic N) is 1. The van der Waals surface area contributed by atoms with Crippen molar-refractivity contribution >= 4 is 0 Å². The number of hydrogen-bond acceptors (Lipinski definition) is 4. The summed E-state index contributed by atoms with van der Waals surface area (Å²) in [4.78, 5) is 7.00. The van der Waals surface area contributed by atoms with Crippen LogP contribution in [0, 0.1) is 18.6 Å². The Balaban J connectivity index is 2.19. The molecule has 3 N–H and O–H groups in total. The van der Waals surface area contributed by atoms with Crippen LogP contribution in [0.5, 0.6) is 5.75 Å². The van der Waals surface area contributed by atoms with Gasteiger partial charge in [-0.1, -0.05) is 0 Å². The van der Waals surface area contributed by atoms with E-state index < -0.39 is 11.6 Å². The van der Waals surface area contributed by atoms with Gasteiger partial charge in [-0.25, -0.2) is 9.37 Å². The first-order valence-corrected chi connectivity index (χ1v) is 6.54. The van der Waals surface area contributed by atoms with Crippen molar-refractivity contribution in [3.8, 4) is 17.0 Å². The molecule has 1 heterocycles. The lowest BCUT2D eigenvalue weighted by molar-refractivity contribution is 0.104. The highest BCUT2D eigenvalue weighted by Crippen LogP contribution is 2.32. The molecule has 0 aliphatic carbocycles. The Bertz CT molecular complexity index is 602. The molecular weight excluding hydrogens is 280 g/mol. The van der Waals surface area contributed by atoms with E-state index >= 15 is 0 Å². The van der Waals surface area contributed by atoms with E-state index in [1.54, 1.807) is 13.1 Å². The second kappa shape index (κ2) is 7.14. The minimum absolute atomic E-state index is 0.0977. The van der Waals surface area contributed by atoms with Gasteiger partial charge in [0.15, 0.2) is 11.6 Å². The number of aromatic amines is 1. The maximum absolute atomic E-state index is 13.9. The Morgan fingerprint density at radius 2 is 2.05 bits per heavy atom. The van der Waals surface area contributed by atoms with Gasteiger partial charge in [0.05, 0.1) is 25.1 Å². The lowest BCUT2D eigenvalue weighted by Gasteiger charge is -2.12. The second-order valence-electron chi connectivity index (χ2n) is 4.37. The molecule has 0 aliphatic heterocycles. The number of hydrogen-bond donors (Lipinski definition) is 2. The van der Waals surface area contributed by atoms with Crippen LogP contribution in [0.15, 0.2) is 18.3 Å². The van der Waals surface area contributed by atoms with Crippen molar-refractivity contribution in [1.29, 1.82) is 0 Å². The quantitative estimate of drug-likeness (QED) is 0.767. The minimum Gasteiger partial charge on any atom is -0.487 e. The zero-order valence-corrected chi connectivity index (χ0v) is 11.7. The molecule has 0 bridgehead atoms. The number of ether oxygens (including phenoxy) is 2. The van der Waals surface area contributed by atoms with E-state index in [0.29, 0.717) is 30.2 Å². The van der Waals surface area contributed by atoms with Crippen LogP contribution in [-0.4, -0.2) is 36.3 Å². The molecule has 0 atom stereocenters. The Morgan fingerprint density at radius 1 is 1.24 bits per heavy atom. The van der Waals surface area contributed by atoms with Gasteiger partial charge in [0, 0.05) is 12.1 Å². The zero-order chi connectivity index (χ0) is 15.2. The smallest absolute Gasteiger partial charge is 0.201 e. The summed E-state index contributed by atoms with van der Waals surface area (Å²) in [5.74, 6) is -1.48. The highest BCUT2D eigenvalue weighted by molar-refractivity contribution is 5.67. The standard InChI is InChI=1S/C14H17F2N3O2/c1-9-18-8-12(19-9)10-2-3-11(15)13(16)14(10)21-7-6-20-5-4-17/h2-3,8H,4-7,17H2,1H3,(H,18,19). The zero-order valence-electron chi connectivity index (χ0n) is 11.7. The third kappa shape index (κ3) is 3.77. The van der Waals surface area contributed by atoms with E-state index in [1.165, 1.54) is 6.07 Å². The van der Waals surface area contributed by atoms with Crippen molar-refractivity contribution in [1.82, 2.24) is 9.97 Å². The lowest BCUT2D eigenvalue weighted by Crippen LogP contribution is -2.14. The Hall–Kier alpha value is -1.99. The van der Waals surface area contributed by atoms with Crippen LogP contribution < -0.4 is 10.5 Å². The molecular formula is C14H17F2N3O2. The molecule has 1 aromatic heterocycles. The molecule has 0 saturated heterocycles. The van der Waals surface area contributed by atoms with Crippen LogP contribution in [-0.2, 0) is 4.74 Å². The topological polar surface area (TPSA) is 73.2 Å². The summed E-state index contributed by atoms with van der Waals surface area (Å²) >= 11 is 0. The maximum atomic E-state index is 13.9. The molecule has 1 aromatic carbocycles. The second-order valence-corrected chi connectivity index (χ2v) is 4.37. The fraction of sp³-hybridized carbons (Fsp3) is 0.357. The number of aromatic nitrogens is 2. The number of benzene rings is 1. The SMILES string of the molecule is Cc1ncc(-c2ccc(F)c(F)c2OCCOCCN)[nH]1. The highest BCUT2D eigenvalue weighted by Gasteiger charge is 2.17. The van der Waals surface area contributed by atoms with E-state index in [1.807, 2.05) is 0 Å². The van der Waals surface area contributed by atoms with Gasteiger partial charge in [-0.15, -0.1) is 0 Å². The Kier molecular flexibility index (Phi) is 5.24. The van der Waals surface area contributed by atoms with Crippen molar-refractivity contribution in [3.05, 3.63) is 35.8 Å². The van der Waals surface area contributed by atoms with Gasteiger partial charge in [-0.05, 0) is 19.1 Å². The Labute approximate surface area is 121 Å². The van der Waals surface area contributed by atoms with Gasteiger partial charge in [0.2, 0.25) is 5.82 Å². The first kappa shape index (κ1) is 15.4. The van der Waals surface area contributed by atoms with Crippen LogP contribution >= 0.6 is 0 Å². The molecule has 2 aromatic rings. The van der Waals surface area contributed by atoms with Gasteiger partial charge < -0.3 is 20.2 Å². The van der Waals surface area contributed by atoms with Gasteiger partial charge >= 0.3 is 0 Å². The fourth-order valence-corrected chi connectivity index (χ4v) is 1.83. The molecule has 0 unspecified atom stereocenters. The molecule has 114 valence electrons. The van der Waals surface area contributed by atoms with E-state index in [-0.39, 0.29) is 19.0 Å². The molecule has 21 heavy (non-hydrogen) atoms. The number of aryl methyl sites for hydroxylation is 1. The van der Waals surface area contributed by atoms with Crippen LogP contribution in [0.4, 0.5) is 8.78 Å². The van der Waals surface area contributed by atoms with Crippen LogP contribution in [0.2, 0.25) is 0 Å². The molecule has 0 saturated carbocycles. The minimum atomic E-state index is -1.03. The fourth-order valence-electron chi connectivity index (χ4n) is 1.83. The van der Waals surface area contributed by atoms with Gasteiger partial charge in [-0.3, -0.25) is 0 Å². The van der Waals surface area contributed by atoms with Crippen molar-refractivity contribution in [2.75, 3.05) is 26.4 Å². The summed E-state index contributed by atoms with van der Waals surface area (Å²) in [5.41, 5.74) is 6.25. The summed E-state index contributed by atoms with van der Waals surface area (Å²) < 4.78 is 37.8. The highest BCUT2D eigenvalue weighted by atomic mass is 19.2. The van der Waals surface area contributed by atoms with Crippen molar-refractivity contribution < 1.29 is 18.3 Å². The normalized spacial score (nSPS) is 10.9. The molecule has 0 spiro atoms. The summed E-state index contributed by atoms with van der Waals surface area (Å²) in [6, 6.07) is 2.50. The van der Waals surface area contributed by atoms with E-state index in [4.69, 9.17) is 15.2 Å². The number of rotatable bonds is 7. The molecule has 0 fully saturated rings. The molecule has 5 nitrogen and oxygen atoms in total. The summed E-state index contributed by atoms with van der Waals surface area (Å²) in [5, 5.41) is 0. The number of nitrogens with one attached hydrogen (secondary N) is 1. The van der Waals surface area contributed by atoms with Crippen LogP contribution in [0.25, 0.3) is 11.3 Å². The lowest BCUT2D eigenvalue weighted by atomic mass is 10.1. The monoisotopic (exact) mass is 297 g/mol. The van der Waals surface area contributed by atoms with Crippen molar-refractivity contribution in [2.45, 2.75) is 6.92 Å². The summed E-state index contributed by atoms with van der Waals surface area (Å²) in [7, 11) is 0. The Morgan fingerprint density at radius 3 is 2.71 bits per heavy atom. The van der Waals surface area contributed by atoms with Crippen LogP contribution in [0.1, 0.15) is 5.82 Å². The number of halogens is 2. The van der Waals surface area contributed by atoms with Gasteiger partial charge in [0.25, 0.3) is 0 Å². The first-order chi connectivity index (χ1) is 10.1. The molecule has 0 radical (unpaired) electrons. The molecule has 0 aliphatic rings. The number of nitrogens with two attached hydrogens (primary N) is 1. The van der Waals surface area contributed by atoms with Crippen molar-refractivity contribution in [2.24, 2.45) is 5.73 Å². The molecule has 7 heteroatoms. The maximum Gasteiger partial charge on any atom is 0.201 e. The third-order valence-corrected chi connectivity index (χ3v) is 2.78. The molecule has 0 amide bonds. The van der Waals surface area contributed by atoms with Crippen molar-refractivity contribution in [3.63, 3.8) is 0 Å². The average Bonchev–Trinajstić information content (AvgIpc) is 2.89. The van der Waals surface area contributed by atoms with Gasteiger partial charge in [0.1, 0.15) is 12.4 Å². The van der Waals surface area contributed by atoms with E-state index in [9.17, 15) is 8.78 Å². The predicted molar refractivity (Wildman–Crippen MR) is 74.0 cm³/mol. The third-order valence-electron chi connectivity index (χ3n) is 2.78. The summed E-state index contributed by atoms with van der Waals surface area (Å²) in [6.45, 7) is 2.90. The summed E-state index contributed by atoms with van der Waals surface area (Å²) in [6.07, 6.45) is 1.54. The van der Waals surface area contributed by atoms with E-state index in [2.05, 4.69) is 9.97 Å². The molecule has 2 rings (SSSR count). The first-order valence-electron chi connectivity index (χ1n) is 6.54. The van der Waals surface area contributed by atoms with E-state index in [0.717, 1.165) is 6.07 Å². The van der Waals surface area contributed by atoms with Crippen LogP contribution in [0.3, 0.4) is 0 Å². The van der Waals surface area contributed by atoms with Gasteiger partial charge in [-0.2, -0.15) is 4.39 Å². The predicted octanol–water partition coefficient (Wildman–Crippen LogP) is 2.02. The average molecular weight is 297 g/mol. The largest absolute Gasteiger partial charge is 0.487 e. The number of imidazole rings is 1. The number of H-pyrrole nitrogens is 1.